The average molecular weight is 507 g/mol. The Bertz CT molecular complexity index is 1010. The van der Waals surface area contributed by atoms with Crippen LogP contribution in [0.15, 0.2) is 36.5 Å². The van der Waals surface area contributed by atoms with E-state index in [0.717, 1.165) is 81.6 Å². The number of aromatic nitrogens is 2. The van der Waals surface area contributed by atoms with Gasteiger partial charge in [0.05, 0.1) is 7.11 Å². The number of rotatable bonds is 6. The molecule has 4 heterocycles. The first-order valence-corrected chi connectivity index (χ1v) is 14.2. The normalized spacial score (nSPS) is 23.7. The molecule has 1 N–H and O–H groups in total. The van der Waals surface area contributed by atoms with Gasteiger partial charge in [0, 0.05) is 56.6 Å². The molecule has 0 spiro atoms. The number of carbonyl (C=O) groups is 1. The maximum Gasteiger partial charge on any atom is 0.253 e. The molecule has 2 unspecified atom stereocenters. The Labute approximate surface area is 221 Å². The number of piperidine rings is 1. The number of anilines is 2. The molecule has 0 saturated carbocycles. The van der Waals surface area contributed by atoms with E-state index in [2.05, 4.69) is 20.1 Å². The number of hydrogen-bond donors (Lipinski definition) is 1. The van der Waals surface area contributed by atoms with Crippen LogP contribution in [0.25, 0.3) is 0 Å². The summed E-state index contributed by atoms with van der Waals surface area (Å²) in [6.07, 6.45) is 12.7. The van der Waals surface area contributed by atoms with Gasteiger partial charge in [-0.25, -0.2) is 4.98 Å². The van der Waals surface area contributed by atoms with Crippen LogP contribution in [-0.4, -0.2) is 84.1 Å². The smallest absolute Gasteiger partial charge is 0.253 e. The van der Waals surface area contributed by atoms with Gasteiger partial charge in [0.15, 0.2) is 0 Å². The van der Waals surface area contributed by atoms with Gasteiger partial charge in [0.25, 0.3) is 5.91 Å². The second kappa shape index (κ2) is 12.6. The maximum absolute atomic E-state index is 13.2. The molecule has 2 aromatic rings. The molecule has 1 aromatic carbocycles. The first kappa shape index (κ1) is 25.8. The number of benzene rings is 1. The highest BCUT2D eigenvalue weighted by Gasteiger charge is 2.31. The summed E-state index contributed by atoms with van der Waals surface area (Å²) >= 11 is 0. The predicted octanol–water partition coefficient (Wildman–Crippen LogP) is 4.44. The minimum Gasteiger partial charge on any atom is -0.497 e. The Morgan fingerprint density at radius 2 is 1.68 bits per heavy atom. The number of nitrogens with zero attached hydrogens (tertiary/aromatic N) is 5. The molecule has 5 rings (SSSR count). The summed E-state index contributed by atoms with van der Waals surface area (Å²) in [7, 11) is 1.65. The van der Waals surface area contributed by atoms with Crippen molar-refractivity contribution in [3.8, 4) is 5.75 Å². The van der Waals surface area contributed by atoms with Crippen LogP contribution in [0, 0.1) is 0 Å². The number of likely N-dealkylation sites (tertiary alicyclic amines) is 2. The highest BCUT2D eigenvalue weighted by molar-refractivity contribution is 5.94. The summed E-state index contributed by atoms with van der Waals surface area (Å²) in [5, 5.41) is 3.67. The van der Waals surface area contributed by atoms with Crippen LogP contribution in [0.4, 0.5) is 11.8 Å². The topological polar surface area (TPSA) is 73.8 Å². The molecule has 3 aliphatic heterocycles. The van der Waals surface area contributed by atoms with E-state index >= 15 is 0 Å². The Morgan fingerprint density at radius 3 is 2.46 bits per heavy atom. The highest BCUT2D eigenvalue weighted by atomic mass is 16.5. The fraction of sp³-hybridized carbons (Fsp3) is 0.621. The number of amides is 1. The molecule has 3 fully saturated rings. The molecule has 3 aliphatic rings. The van der Waals surface area contributed by atoms with Gasteiger partial charge in [0.1, 0.15) is 11.6 Å². The molecular weight excluding hydrogens is 464 g/mol. The molecule has 3 saturated heterocycles. The third kappa shape index (κ3) is 6.72. The molecule has 1 aromatic heterocycles. The van der Waals surface area contributed by atoms with E-state index < -0.39 is 0 Å². The zero-order valence-electron chi connectivity index (χ0n) is 22.3. The number of ether oxygens (including phenoxy) is 1. The van der Waals surface area contributed by atoms with Crippen molar-refractivity contribution in [1.29, 1.82) is 0 Å². The largest absolute Gasteiger partial charge is 0.497 e. The number of carbonyl (C=O) groups excluding carboxylic acids is 1. The van der Waals surface area contributed by atoms with Crippen LogP contribution < -0.4 is 15.0 Å². The maximum atomic E-state index is 13.2. The van der Waals surface area contributed by atoms with Crippen LogP contribution in [0.1, 0.15) is 68.1 Å². The minimum absolute atomic E-state index is 0.121. The first-order valence-electron chi connectivity index (χ1n) is 14.2. The Kier molecular flexibility index (Phi) is 8.76. The van der Waals surface area contributed by atoms with Crippen molar-refractivity contribution in [1.82, 2.24) is 19.8 Å². The van der Waals surface area contributed by atoms with Crippen LogP contribution >= 0.6 is 0 Å². The van der Waals surface area contributed by atoms with Gasteiger partial charge in [-0.05, 0) is 75.4 Å². The molecule has 8 nitrogen and oxygen atoms in total. The average Bonchev–Trinajstić information content (AvgIpc) is 3.37. The number of nitrogens with one attached hydrogen (secondary N) is 1. The first-order chi connectivity index (χ1) is 18.2. The van der Waals surface area contributed by atoms with E-state index in [9.17, 15) is 4.79 Å². The van der Waals surface area contributed by atoms with Crippen molar-refractivity contribution in [2.75, 3.05) is 56.6 Å². The van der Waals surface area contributed by atoms with E-state index in [1.807, 2.05) is 41.4 Å². The van der Waals surface area contributed by atoms with Crippen molar-refractivity contribution in [3.63, 3.8) is 0 Å². The van der Waals surface area contributed by atoms with Gasteiger partial charge in [-0.15, -0.1) is 0 Å². The molecular formula is C29H42N6O2. The molecule has 200 valence electrons. The lowest BCUT2D eigenvalue weighted by atomic mass is 10.0. The monoisotopic (exact) mass is 506 g/mol. The predicted molar refractivity (Wildman–Crippen MR) is 147 cm³/mol. The molecule has 0 aliphatic carbocycles. The lowest BCUT2D eigenvalue weighted by molar-refractivity contribution is 0.0575. The SMILES string of the molecule is COc1ccc(C(=O)N2CCCC(N3CCCCC(Nc4nccc(N5CCCCCC5)n4)C3)C2)cc1. The number of methoxy groups -OCH3 is 1. The highest BCUT2D eigenvalue weighted by Crippen LogP contribution is 2.24. The van der Waals surface area contributed by atoms with E-state index in [1.165, 1.54) is 38.5 Å². The quantitative estimate of drug-likeness (QED) is 0.621. The van der Waals surface area contributed by atoms with E-state index in [0.29, 0.717) is 12.1 Å². The molecule has 8 heteroatoms. The fourth-order valence-electron chi connectivity index (χ4n) is 6.05. The standard InChI is InChI=1S/C29H42N6O2/c1-37-26-13-11-23(12-14-26)28(36)35-20-8-10-25(22-35)34-19-7-4-9-24(21-34)31-29-30-16-15-27(32-29)33-17-5-2-3-6-18-33/h11-16,24-25H,2-10,17-22H2,1H3,(H,30,31,32). The van der Waals surface area contributed by atoms with Crippen LogP contribution in [0.3, 0.4) is 0 Å². The lowest BCUT2D eigenvalue weighted by Gasteiger charge is -2.40. The van der Waals surface area contributed by atoms with Crippen LogP contribution in [0.5, 0.6) is 5.75 Å². The molecule has 37 heavy (non-hydrogen) atoms. The third-order valence-electron chi connectivity index (χ3n) is 8.14. The summed E-state index contributed by atoms with van der Waals surface area (Å²) in [5.74, 6) is 2.69. The molecule has 0 radical (unpaired) electrons. The van der Waals surface area contributed by atoms with E-state index in [4.69, 9.17) is 9.72 Å². The van der Waals surface area contributed by atoms with Gasteiger partial charge >= 0.3 is 0 Å². The second-order valence-corrected chi connectivity index (χ2v) is 10.7. The lowest BCUT2D eigenvalue weighted by Crippen LogP contribution is -2.51. The van der Waals surface area contributed by atoms with Gasteiger partial charge in [-0.1, -0.05) is 19.3 Å². The summed E-state index contributed by atoms with van der Waals surface area (Å²) in [5.41, 5.74) is 0.735. The van der Waals surface area contributed by atoms with E-state index in [-0.39, 0.29) is 5.91 Å². The van der Waals surface area contributed by atoms with Crippen molar-refractivity contribution < 1.29 is 9.53 Å². The fourth-order valence-corrected chi connectivity index (χ4v) is 6.05. The minimum atomic E-state index is 0.121. The summed E-state index contributed by atoms with van der Waals surface area (Å²) < 4.78 is 5.25. The Balaban J connectivity index is 1.21. The number of hydrogen-bond acceptors (Lipinski definition) is 7. The third-order valence-corrected chi connectivity index (χ3v) is 8.14. The summed E-state index contributed by atoms with van der Waals surface area (Å²) in [4.78, 5) is 29.8. The van der Waals surface area contributed by atoms with Gasteiger partial charge in [-0.3, -0.25) is 9.69 Å². The van der Waals surface area contributed by atoms with Crippen LogP contribution in [0.2, 0.25) is 0 Å². The molecule has 2 atom stereocenters. The van der Waals surface area contributed by atoms with Crippen molar-refractivity contribution in [2.45, 2.75) is 69.9 Å². The summed E-state index contributed by atoms with van der Waals surface area (Å²) in [6.45, 7) is 5.84. The molecule has 0 bridgehead atoms. The molecule has 1 amide bonds. The van der Waals surface area contributed by atoms with Gasteiger partial charge in [0.2, 0.25) is 5.95 Å². The zero-order valence-corrected chi connectivity index (χ0v) is 22.3. The van der Waals surface area contributed by atoms with Crippen molar-refractivity contribution in [3.05, 3.63) is 42.1 Å². The Morgan fingerprint density at radius 1 is 0.892 bits per heavy atom. The van der Waals surface area contributed by atoms with Crippen molar-refractivity contribution >= 4 is 17.7 Å². The van der Waals surface area contributed by atoms with Crippen LogP contribution in [-0.2, 0) is 0 Å². The Hall–Kier alpha value is -2.87. The van der Waals surface area contributed by atoms with Crippen molar-refractivity contribution in [2.24, 2.45) is 0 Å². The van der Waals surface area contributed by atoms with E-state index in [1.54, 1.807) is 7.11 Å². The zero-order chi connectivity index (χ0) is 25.5. The van der Waals surface area contributed by atoms with Gasteiger partial charge in [-0.2, -0.15) is 4.98 Å². The van der Waals surface area contributed by atoms with Gasteiger partial charge < -0.3 is 19.9 Å². The second-order valence-electron chi connectivity index (χ2n) is 10.7. The summed E-state index contributed by atoms with van der Waals surface area (Å²) in [6, 6.07) is 10.2.